The van der Waals surface area contributed by atoms with Crippen molar-refractivity contribution in [1.29, 1.82) is 0 Å². The van der Waals surface area contributed by atoms with Crippen LogP contribution in [0.1, 0.15) is 17.1 Å². The molecule has 0 atom stereocenters. The monoisotopic (exact) mass is 219 g/mol. The minimum atomic E-state index is 0.0581. The van der Waals surface area contributed by atoms with Gasteiger partial charge in [-0.05, 0) is 6.07 Å². The van der Waals surface area contributed by atoms with Gasteiger partial charge in [0.25, 0.3) is 0 Å². The molecule has 2 rings (SSSR count). The minimum absolute atomic E-state index is 0.0581. The first-order valence-corrected chi connectivity index (χ1v) is 5.10. The number of hydrogen-bond donors (Lipinski definition) is 2. The maximum Gasteiger partial charge on any atom is 0.198 e. The molecule has 0 saturated heterocycles. The van der Waals surface area contributed by atoms with Gasteiger partial charge in [-0.3, -0.25) is 0 Å². The van der Waals surface area contributed by atoms with E-state index in [2.05, 4.69) is 4.98 Å². The number of phenols is 1. The van der Waals surface area contributed by atoms with Crippen molar-refractivity contribution < 1.29 is 14.6 Å². The Labute approximate surface area is 93.2 Å². The molecule has 0 saturated carbocycles. The molecule has 16 heavy (non-hydrogen) atoms. The van der Waals surface area contributed by atoms with Gasteiger partial charge in [-0.1, -0.05) is 18.2 Å². The molecule has 2 aromatic rings. The fraction of sp³-hybridized carbons (Fsp3) is 0.250. The van der Waals surface area contributed by atoms with Crippen LogP contribution in [-0.2, 0) is 12.8 Å². The largest absolute Gasteiger partial charge is 0.508 e. The molecule has 0 amide bonds. The van der Waals surface area contributed by atoms with E-state index in [9.17, 15) is 5.11 Å². The van der Waals surface area contributed by atoms with Crippen molar-refractivity contribution in [3.8, 4) is 5.75 Å². The van der Waals surface area contributed by atoms with Crippen molar-refractivity contribution >= 4 is 0 Å². The molecule has 1 aromatic heterocycles. The summed E-state index contributed by atoms with van der Waals surface area (Å²) in [5, 5.41) is 18.3. The average molecular weight is 219 g/mol. The fourth-order valence-electron chi connectivity index (χ4n) is 1.48. The molecule has 0 bridgehead atoms. The summed E-state index contributed by atoms with van der Waals surface area (Å²) in [6, 6.07) is 7.08. The van der Waals surface area contributed by atoms with Crippen LogP contribution in [0.4, 0.5) is 0 Å². The van der Waals surface area contributed by atoms with E-state index < -0.39 is 0 Å². The first-order chi connectivity index (χ1) is 7.79. The molecule has 0 unspecified atom stereocenters. The van der Waals surface area contributed by atoms with E-state index in [-0.39, 0.29) is 12.4 Å². The molecule has 1 aromatic carbocycles. The molecule has 0 fully saturated rings. The lowest BCUT2D eigenvalue weighted by Crippen LogP contribution is -1.93. The van der Waals surface area contributed by atoms with Crippen molar-refractivity contribution in [1.82, 2.24) is 4.98 Å². The third-order valence-electron chi connectivity index (χ3n) is 2.30. The summed E-state index contributed by atoms with van der Waals surface area (Å²) in [5.74, 6) is 0.786. The number of aromatic hydroxyl groups is 1. The Kier molecular flexibility index (Phi) is 3.22. The predicted octanol–water partition coefficient (Wildman–Crippen LogP) is 1.51. The van der Waals surface area contributed by atoms with Gasteiger partial charge in [0.05, 0.1) is 12.1 Å². The third-order valence-corrected chi connectivity index (χ3v) is 2.30. The molecule has 2 N–H and O–H groups in total. The Morgan fingerprint density at radius 1 is 1.25 bits per heavy atom. The zero-order chi connectivity index (χ0) is 11.4. The van der Waals surface area contributed by atoms with Crippen LogP contribution in [0.3, 0.4) is 0 Å². The summed E-state index contributed by atoms with van der Waals surface area (Å²) in [5.41, 5.74) is 1.51. The number of hydrogen-bond acceptors (Lipinski definition) is 4. The van der Waals surface area contributed by atoms with Gasteiger partial charge in [-0.25, -0.2) is 4.98 Å². The highest BCUT2D eigenvalue weighted by atomic mass is 16.3. The van der Waals surface area contributed by atoms with E-state index in [4.69, 9.17) is 9.52 Å². The number of aromatic nitrogens is 1. The van der Waals surface area contributed by atoms with Gasteiger partial charge in [-0.2, -0.15) is 0 Å². The van der Waals surface area contributed by atoms with Crippen LogP contribution in [0.5, 0.6) is 5.75 Å². The Balaban J connectivity index is 2.11. The van der Waals surface area contributed by atoms with Crippen LogP contribution >= 0.6 is 0 Å². The molecular formula is C12H13NO3. The van der Waals surface area contributed by atoms with Crippen LogP contribution in [-0.4, -0.2) is 21.8 Å². The summed E-state index contributed by atoms with van der Waals surface area (Å²) < 4.78 is 5.24. The summed E-state index contributed by atoms with van der Waals surface area (Å²) >= 11 is 0. The molecule has 4 nitrogen and oxygen atoms in total. The van der Waals surface area contributed by atoms with E-state index in [1.165, 1.54) is 6.26 Å². The van der Waals surface area contributed by atoms with E-state index in [1.54, 1.807) is 12.1 Å². The van der Waals surface area contributed by atoms with E-state index >= 15 is 0 Å². The van der Waals surface area contributed by atoms with Crippen LogP contribution in [0, 0.1) is 0 Å². The molecular weight excluding hydrogens is 206 g/mol. The van der Waals surface area contributed by atoms with Crippen molar-refractivity contribution in [3.63, 3.8) is 0 Å². The van der Waals surface area contributed by atoms with Crippen molar-refractivity contribution in [2.45, 2.75) is 12.8 Å². The number of nitrogens with zero attached hydrogens (tertiary/aromatic N) is 1. The lowest BCUT2D eigenvalue weighted by atomic mass is 10.1. The molecule has 0 aliphatic carbocycles. The number of aliphatic hydroxyl groups excluding tert-OH is 1. The zero-order valence-electron chi connectivity index (χ0n) is 8.76. The van der Waals surface area contributed by atoms with Crippen molar-refractivity contribution in [2.24, 2.45) is 0 Å². The maximum atomic E-state index is 9.57. The fourth-order valence-corrected chi connectivity index (χ4v) is 1.48. The summed E-state index contributed by atoms with van der Waals surface area (Å²) in [6.07, 6.45) is 2.48. The second-order valence-corrected chi connectivity index (χ2v) is 3.51. The molecule has 0 spiro atoms. The van der Waals surface area contributed by atoms with E-state index in [0.29, 0.717) is 18.7 Å². The SMILES string of the molecule is OCCc1coc(Cc2ccccc2O)n1. The van der Waals surface area contributed by atoms with Crippen molar-refractivity contribution in [3.05, 3.63) is 47.7 Å². The lowest BCUT2D eigenvalue weighted by Gasteiger charge is -1.99. The van der Waals surface area contributed by atoms with Crippen LogP contribution in [0.2, 0.25) is 0 Å². The highest BCUT2D eigenvalue weighted by molar-refractivity contribution is 5.33. The van der Waals surface area contributed by atoms with Gasteiger partial charge in [0.15, 0.2) is 5.89 Å². The quantitative estimate of drug-likeness (QED) is 0.817. The van der Waals surface area contributed by atoms with Gasteiger partial charge in [0.2, 0.25) is 0 Å². The number of oxazole rings is 1. The summed E-state index contributed by atoms with van der Waals surface area (Å²) in [7, 11) is 0. The Morgan fingerprint density at radius 3 is 2.81 bits per heavy atom. The Morgan fingerprint density at radius 2 is 2.06 bits per heavy atom. The molecule has 4 heteroatoms. The number of aliphatic hydroxyl groups is 1. The van der Waals surface area contributed by atoms with Crippen LogP contribution in [0.25, 0.3) is 0 Å². The molecule has 1 heterocycles. The van der Waals surface area contributed by atoms with Gasteiger partial charge in [0.1, 0.15) is 12.0 Å². The number of benzene rings is 1. The van der Waals surface area contributed by atoms with Gasteiger partial charge < -0.3 is 14.6 Å². The first kappa shape index (κ1) is 10.7. The normalized spacial score (nSPS) is 10.6. The second kappa shape index (κ2) is 4.81. The summed E-state index contributed by atoms with van der Waals surface area (Å²) in [6.45, 7) is 0.0581. The van der Waals surface area contributed by atoms with E-state index in [0.717, 1.165) is 11.3 Å². The molecule has 0 aliphatic rings. The van der Waals surface area contributed by atoms with Gasteiger partial charge in [-0.15, -0.1) is 0 Å². The van der Waals surface area contributed by atoms with Gasteiger partial charge in [0, 0.05) is 18.6 Å². The Bertz CT molecular complexity index is 465. The average Bonchev–Trinajstić information content (AvgIpc) is 2.70. The zero-order valence-corrected chi connectivity index (χ0v) is 8.76. The molecule has 0 radical (unpaired) electrons. The number of para-hydroxylation sites is 1. The minimum Gasteiger partial charge on any atom is -0.508 e. The van der Waals surface area contributed by atoms with Gasteiger partial charge >= 0.3 is 0 Å². The summed E-state index contributed by atoms with van der Waals surface area (Å²) in [4.78, 5) is 4.20. The molecule has 0 aliphatic heterocycles. The predicted molar refractivity (Wildman–Crippen MR) is 58.2 cm³/mol. The van der Waals surface area contributed by atoms with Crippen LogP contribution in [0.15, 0.2) is 34.9 Å². The highest BCUT2D eigenvalue weighted by Gasteiger charge is 2.07. The molecule has 84 valence electrons. The highest BCUT2D eigenvalue weighted by Crippen LogP contribution is 2.19. The third kappa shape index (κ3) is 2.41. The number of phenolic OH excluding ortho intramolecular Hbond substituents is 1. The number of rotatable bonds is 4. The topological polar surface area (TPSA) is 66.5 Å². The van der Waals surface area contributed by atoms with E-state index in [1.807, 2.05) is 12.1 Å². The lowest BCUT2D eigenvalue weighted by molar-refractivity contribution is 0.298. The standard InChI is InChI=1S/C12H13NO3/c14-6-5-10-8-16-12(13-10)7-9-3-1-2-4-11(9)15/h1-4,8,14-15H,5-7H2. The Hall–Kier alpha value is -1.81. The van der Waals surface area contributed by atoms with Crippen molar-refractivity contribution in [2.75, 3.05) is 6.61 Å². The maximum absolute atomic E-state index is 9.57. The second-order valence-electron chi connectivity index (χ2n) is 3.51. The first-order valence-electron chi connectivity index (χ1n) is 5.10. The van der Waals surface area contributed by atoms with Crippen LogP contribution < -0.4 is 0 Å². The smallest absolute Gasteiger partial charge is 0.198 e.